The van der Waals surface area contributed by atoms with Gasteiger partial charge in [0.2, 0.25) is 0 Å². The molecule has 1 aliphatic carbocycles. The number of carbonyl (C=O) groups is 1. The highest BCUT2D eigenvalue weighted by molar-refractivity contribution is 5.81. The van der Waals surface area contributed by atoms with Gasteiger partial charge in [-0.25, -0.2) is 4.79 Å². The molecule has 29 heavy (non-hydrogen) atoms. The SMILES string of the molecule is CCCCCCc1cc([C@@]2(C)C[C@H]2/C=C/C(C)=C/C(=O)O)cc2c1OCC2(C)C. The lowest BCUT2D eigenvalue weighted by molar-refractivity contribution is -0.131. The highest BCUT2D eigenvalue weighted by Crippen LogP contribution is 2.56. The summed E-state index contributed by atoms with van der Waals surface area (Å²) in [6.45, 7) is 11.7. The van der Waals surface area contributed by atoms with E-state index in [1.807, 2.05) is 13.0 Å². The number of unbranched alkanes of at least 4 members (excludes halogenated alkanes) is 3. The van der Waals surface area contributed by atoms with Crippen LogP contribution in [0.5, 0.6) is 5.75 Å². The summed E-state index contributed by atoms with van der Waals surface area (Å²) in [6, 6.07) is 4.77. The molecule has 2 aliphatic rings. The number of carboxylic acids is 1. The number of ether oxygens (including phenoxy) is 1. The Morgan fingerprint density at radius 3 is 2.69 bits per heavy atom. The smallest absolute Gasteiger partial charge is 0.328 e. The first kappa shape index (κ1) is 21.7. The van der Waals surface area contributed by atoms with Crippen molar-refractivity contribution in [3.63, 3.8) is 0 Å². The molecule has 1 aromatic rings. The summed E-state index contributed by atoms with van der Waals surface area (Å²) in [7, 11) is 0. The molecule has 1 saturated carbocycles. The number of hydrogen-bond donors (Lipinski definition) is 1. The molecular formula is C26H36O3. The number of carboxylic acid groups (broad SMARTS) is 1. The van der Waals surface area contributed by atoms with E-state index in [0.717, 1.165) is 30.8 Å². The van der Waals surface area contributed by atoms with Gasteiger partial charge in [0.1, 0.15) is 5.75 Å². The van der Waals surface area contributed by atoms with E-state index in [-0.39, 0.29) is 10.8 Å². The lowest BCUT2D eigenvalue weighted by Crippen LogP contribution is -2.18. The van der Waals surface area contributed by atoms with Crippen molar-refractivity contribution in [3.8, 4) is 5.75 Å². The summed E-state index contributed by atoms with van der Waals surface area (Å²) in [4.78, 5) is 10.8. The minimum atomic E-state index is -0.890. The first-order chi connectivity index (χ1) is 13.7. The Balaban J connectivity index is 1.84. The third kappa shape index (κ3) is 4.76. The molecular weight excluding hydrogens is 360 g/mol. The zero-order chi connectivity index (χ0) is 21.2. The molecule has 0 amide bonds. The molecule has 0 spiro atoms. The van der Waals surface area contributed by atoms with Crippen molar-refractivity contribution in [2.75, 3.05) is 6.61 Å². The van der Waals surface area contributed by atoms with E-state index in [1.54, 1.807) is 0 Å². The topological polar surface area (TPSA) is 46.5 Å². The predicted molar refractivity (Wildman–Crippen MR) is 119 cm³/mol. The molecule has 1 N–H and O–H groups in total. The summed E-state index contributed by atoms with van der Waals surface area (Å²) in [5, 5.41) is 8.90. The van der Waals surface area contributed by atoms with Gasteiger partial charge < -0.3 is 9.84 Å². The molecule has 158 valence electrons. The monoisotopic (exact) mass is 396 g/mol. The Bertz CT molecular complexity index is 831. The summed E-state index contributed by atoms with van der Waals surface area (Å²) >= 11 is 0. The largest absolute Gasteiger partial charge is 0.492 e. The van der Waals surface area contributed by atoms with E-state index < -0.39 is 5.97 Å². The van der Waals surface area contributed by atoms with Crippen LogP contribution in [0, 0.1) is 5.92 Å². The van der Waals surface area contributed by atoms with Gasteiger partial charge in [-0.1, -0.05) is 71.2 Å². The Morgan fingerprint density at radius 1 is 1.24 bits per heavy atom. The molecule has 2 atom stereocenters. The van der Waals surface area contributed by atoms with Crippen LogP contribution in [-0.4, -0.2) is 17.7 Å². The van der Waals surface area contributed by atoms with Gasteiger partial charge in [0, 0.05) is 17.1 Å². The highest BCUT2D eigenvalue weighted by atomic mass is 16.5. The van der Waals surface area contributed by atoms with Crippen molar-refractivity contribution < 1.29 is 14.6 Å². The van der Waals surface area contributed by atoms with Crippen LogP contribution in [0.15, 0.2) is 35.9 Å². The molecule has 0 unspecified atom stereocenters. The number of aliphatic carboxylic acids is 1. The number of aryl methyl sites for hydroxylation is 1. The Kier molecular flexibility index (Phi) is 6.26. The van der Waals surface area contributed by atoms with E-state index in [4.69, 9.17) is 9.84 Å². The molecule has 3 heteroatoms. The molecule has 1 heterocycles. The second kappa shape index (κ2) is 8.38. The summed E-state index contributed by atoms with van der Waals surface area (Å²) in [5.74, 6) is 0.696. The normalized spacial score (nSPS) is 25.1. The van der Waals surface area contributed by atoms with Crippen molar-refractivity contribution in [2.24, 2.45) is 5.92 Å². The van der Waals surface area contributed by atoms with Crippen LogP contribution in [-0.2, 0) is 22.0 Å². The fourth-order valence-corrected chi connectivity index (χ4v) is 4.47. The quantitative estimate of drug-likeness (QED) is 0.301. The Morgan fingerprint density at radius 2 is 2.00 bits per heavy atom. The number of fused-ring (bicyclic) bond motifs is 1. The van der Waals surface area contributed by atoms with Crippen molar-refractivity contribution in [1.82, 2.24) is 0 Å². The van der Waals surface area contributed by atoms with Gasteiger partial charge in [-0.2, -0.15) is 0 Å². The lowest BCUT2D eigenvalue weighted by atomic mass is 9.81. The molecule has 3 rings (SSSR count). The first-order valence-electron chi connectivity index (χ1n) is 11.1. The van der Waals surface area contributed by atoms with Crippen molar-refractivity contribution in [1.29, 1.82) is 0 Å². The predicted octanol–water partition coefficient (Wildman–Crippen LogP) is 6.34. The maximum absolute atomic E-state index is 10.8. The molecule has 0 saturated heterocycles. The van der Waals surface area contributed by atoms with Gasteiger partial charge >= 0.3 is 5.97 Å². The van der Waals surface area contributed by atoms with E-state index >= 15 is 0 Å². The standard InChI is InChI=1S/C26H36O3/c1-6-7-8-9-10-19-14-21(15-22-24(19)29-17-25(22,3)4)26(5)16-20(26)12-11-18(2)13-23(27)28/h11-15,20H,6-10,16-17H2,1-5H3,(H,27,28)/b12-11+,18-13+/t20-,26+/m1/s1. The maximum Gasteiger partial charge on any atom is 0.328 e. The van der Waals surface area contributed by atoms with Gasteiger partial charge in [0.15, 0.2) is 0 Å². The van der Waals surface area contributed by atoms with Crippen LogP contribution in [0.25, 0.3) is 0 Å². The fourth-order valence-electron chi connectivity index (χ4n) is 4.47. The zero-order valence-corrected chi connectivity index (χ0v) is 18.7. The molecule has 0 radical (unpaired) electrons. The summed E-state index contributed by atoms with van der Waals surface area (Å²) in [5.41, 5.74) is 5.12. The summed E-state index contributed by atoms with van der Waals surface area (Å²) < 4.78 is 6.16. The van der Waals surface area contributed by atoms with Gasteiger partial charge in [0.25, 0.3) is 0 Å². The van der Waals surface area contributed by atoms with Crippen LogP contribution in [0.1, 0.15) is 83.4 Å². The van der Waals surface area contributed by atoms with Gasteiger partial charge in [-0.3, -0.25) is 0 Å². The molecule has 1 aliphatic heterocycles. The number of allylic oxidation sites excluding steroid dienone is 3. The minimum absolute atomic E-state index is 0.0565. The Labute approximate surface area is 175 Å². The average Bonchev–Trinajstić information content (AvgIpc) is 3.22. The third-order valence-corrected chi connectivity index (χ3v) is 6.68. The van der Waals surface area contributed by atoms with E-state index in [1.165, 1.54) is 48.4 Å². The molecule has 3 nitrogen and oxygen atoms in total. The second-order valence-corrected chi connectivity index (χ2v) is 9.81. The van der Waals surface area contributed by atoms with Crippen LogP contribution in [0.4, 0.5) is 0 Å². The van der Waals surface area contributed by atoms with Crippen molar-refractivity contribution >= 4 is 5.97 Å². The van der Waals surface area contributed by atoms with Gasteiger partial charge in [-0.15, -0.1) is 0 Å². The Hall–Kier alpha value is -2.03. The van der Waals surface area contributed by atoms with Crippen LogP contribution in [0.2, 0.25) is 0 Å². The molecule has 1 fully saturated rings. The van der Waals surface area contributed by atoms with E-state index in [9.17, 15) is 4.79 Å². The van der Waals surface area contributed by atoms with Crippen molar-refractivity contribution in [2.45, 2.75) is 84.0 Å². The summed E-state index contributed by atoms with van der Waals surface area (Å²) in [6.07, 6.45) is 12.6. The van der Waals surface area contributed by atoms with E-state index in [2.05, 4.69) is 45.9 Å². The number of hydrogen-bond acceptors (Lipinski definition) is 2. The number of benzene rings is 1. The maximum atomic E-state index is 10.8. The zero-order valence-electron chi connectivity index (χ0n) is 18.7. The van der Waals surface area contributed by atoms with E-state index in [0.29, 0.717) is 5.92 Å². The van der Waals surface area contributed by atoms with Crippen LogP contribution in [0.3, 0.4) is 0 Å². The van der Waals surface area contributed by atoms with Crippen molar-refractivity contribution in [3.05, 3.63) is 52.6 Å². The minimum Gasteiger partial charge on any atom is -0.492 e. The highest BCUT2D eigenvalue weighted by Gasteiger charge is 2.50. The van der Waals surface area contributed by atoms with Crippen LogP contribution < -0.4 is 4.74 Å². The fraction of sp³-hybridized carbons (Fsp3) is 0.577. The lowest BCUT2D eigenvalue weighted by Gasteiger charge is -2.20. The molecule has 0 bridgehead atoms. The first-order valence-corrected chi connectivity index (χ1v) is 11.1. The van der Waals surface area contributed by atoms with Gasteiger partial charge in [-0.05, 0) is 54.2 Å². The molecule has 1 aromatic carbocycles. The van der Waals surface area contributed by atoms with Crippen LogP contribution >= 0.6 is 0 Å². The van der Waals surface area contributed by atoms with Gasteiger partial charge in [0.05, 0.1) is 6.61 Å². The third-order valence-electron chi connectivity index (χ3n) is 6.68. The average molecular weight is 397 g/mol. The second-order valence-electron chi connectivity index (χ2n) is 9.81. The number of rotatable bonds is 9. The molecule has 0 aromatic heterocycles.